The molecule has 0 spiro atoms. The quantitative estimate of drug-likeness (QED) is 0.568. The Hall–Kier alpha value is -2.26. The Bertz CT molecular complexity index is 466. The van der Waals surface area contributed by atoms with Crippen molar-refractivity contribution in [1.82, 2.24) is 0 Å². The summed E-state index contributed by atoms with van der Waals surface area (Å²) in [6.07, 6.45) is -0.913. The van der Waals surface area contributed by atoms with Crippen molar-refractivity contribution in [3.05, 3.63) is 29.8 Å². The minimum Gasteiger partial charge on any atom is -0.450 e. The fraction of sp³-hybridized carbons (Fsp3) is 0.100. The van der Waals surface area contributed by atoms with E-state index in [9.17, 15) is 9.59 Å². The number of carbonyl (C=O) groups is 2. The minimum atomic E-state index is -1.18. The summed E-state index contributed by atoms with van der Waals surface area (Å²) < 4.78 is 4.41. The Labute approximate surface area is 102 Å². The van der Waals surface area contributed by atoms with E-state index in [-0.39, 0.29) is 5.69 Å². The summed E-state index contributed by atoms with van der Waals surface area (Å²) in [6, 6.07) is 7.64. The first kappa shape index (κ1) is 12.8. The normalized spacial score (nSPS) is 9.00. The molecule has 0 aliphatic carbocycles. The molecular formula is C10H7ClN2O4. The van der Waals surface area contributed by atoms with Crippen LogP contribution in [0.25, 0.3) is 0 Å². The number of rotatable bonds is 1. The molecule has 1 aromatic rings. The highest BCUT2D eigenvalue weighted by atomic mass is 35.5. The lowest BCUT2D eigenvalue weighted by Gasteiger charge is -2.17. The number of anilines is 1. The van der Waals surface area contributed by atoms with Crippen molar-refractivity contribution in [1.29, 1.82) is 5.26 Å². The lowest BCUT2D eigenvalue weighted by atomic mass is 10.2. The number of hydrogen-bond acceptors (Lipinski definition) is 5. The Morgan fingerprint density at radius 2 is 1.94 bits per heavy atom. The molecule has 0 heterocycles. The summed E-state index contributed by atoms with van der Waals surface area (Å²) >= 11 is 5.02. The first-order valence-electron chi connectivity index (χ1n) is 4.34. The molecule has 0 bridgehead atoms. The lowest BCUT2D eigenvalue weighted by molar-refractivity contribution is 0.122. The predicted molar refractivity (Wildman–Crippen MR) is 58.4 cm³/mol. The zero-order valence-electron chi connectivity index (χ0n) is 8.71. The highest BCUT2D eigenvalue weighted by molar-refractivity contribution is 6.61. The smallest absolute Gasteiger partial charge is 0.448 e. The number of benzene rings is 1. The third-order valence-electron chi connectivity index (χ3n) is 1.73. The zero-order chi connectivity index (χ0) is 12.8. The van der Waals surface area contributed by atoms with Crippen LogP contribution in [0.4, 0.5) is 15.3 Å². The fourth-order valence-corrected chi connectivity index (χ4v) is 1.09. The second-order valence-corrected chi connectivity index (χ2v) is 3.06. The van der Waals surface area contributed by atoms with Crippen LogP contribution in [0.5, 0.6) is 0 Å². The van der Waals surface area contributed by atoms with E-state index in [2.05, 4.69) is 9.57 Å². The lowest BCUT2D eigenvalue weighted by Crippen LogP contribution is -2.31. The van der Waals surface area contributed by atoms with Crippen LogP contribution in [0.2, 0.25) is 0 Å². The van der Waals surface area contributed by atoms with Crippen LogP contribution in [0.1, 0.15) is 5.56 Å². The second-order valence-electron chi connectivity index (χ2n) is 2.75. The molecule has 1 aromatic carbocycles. The van der Waals surface area contributed by atoms with E-state index in [0.29, 0.717) is 10.6 Å². The average Bonchev–Trinajstić information content (AvgIpc) is 2.35. The molecule has 0 radical (unpaired) electrons. The van der Waals surface area contributed by atoms with Crippen molar-refractivity contribution >= 4 is 28.8 Å². The molecule has 0 atom stereocenters. The van der Waals surface area contributed by atoms with Gasteiger partial charge in [-0.25, -0.2) is 9.59 Å². The van der Waals surface area contributed by atoms with Crippen molar-refractivity contribution in [2.24, 2.45) is 0 Å². The van der Waals surface area contributed by atoms with Crippen molar-refractivity contribution in [3.8, 4) is 6.07 Å². The molecule has 7 heteroatoms. The van der Waals surface area contributed by atoms with Crippen LogP contribution in [0.3, 0.4) is 0 Å². The van der Waals surface area contributed by atoms with E-state index < -0.39 is 11.5 Å². The van der Waals surface area contributed by atoms with E-state index in [1.165, 1.54) is 24.3 Å². The fourth-order valence-electron chi connectivity index (χ4n) is 1.02. The topological polar surface area (TPSA) is 79.6 Å². The van der Waals surface area contributed by atoms with Gasteiger partial charge >= 0.3 is 11.5 Å². The first-order chi connectivity index (χ1) is 8.08. The summed E-state index contributed by atoms with van der Waals surface area (Å²) in [4.78, 5) is 26.4. The van der Waals surface area contributed by atoms with Gasteiger partial charge in [-0.3, -0.25) is 0 Å². The van der Waals surface area contributed by atoms with E-state index in [4.69, 9.17) is 16.9 Å². The number of nitriles is 1. The summed E-state index contributed by atoms with van der Waals surface area (Å²) in [6.45, 7) is 0. The van der Waals surface area contributed by atoms with Crippen molar-refractivity contribution in [2.45, 2.75) is 0 Å². The number of nitrogens with zero attached hydrogens (tertiary/aromatic N) is 2. The molecular weight excluding hydrogens is 248 g/mol. The predicted octanol–water partition coefficient (Wildman–Crippen LogP) is 2.42. The van der Waals surface area contributed by atoms with Gasteiger partial charge in [-0.2, -0.15) is 5.26 Å². The highest BCUT2D eigenvalue weighted by Gasteiger charge is 2.20. The van der Waals surface area contributed by atoms with E-state index >= 15 is 0 Å². The number of hydroxylamine groups is 1. The molecule has 17 heavy (non-hydrogen) atoms. The maximum atomic E-state index is 11.3. The number of methoxy groups -OCH3 is 1. The van der Waals surface area contributed by atoms with E-state index in [0.717, 1.165) is 7.11 Å². The molecule has 6 nitrogen and oxygen atoms in total. The largest absolute Gasteiger partial charge is 0.450 e. The van der Waals surface area contributed by atoms with Crippen LogP contribution in [-0.2, 0) is 9.57 Å². The molecule has 0 aliphatic rings. The van der Waals surface area contributed by atoms with Gasteiger partial charge in [0.2, 0.25) is 0 Å². The van der Waals surface area contributed by atoms with Gasteiger partial charge < -0.3 is 9.57 Å². The van der Waals surface area contributed by atoms with Gasteiger partial charge in [0.25, 0.3) is 0 Å². The van der Waals surface area contributed by atoms with Gasteiger partial charge in [-0.15, -0.1) is 5.06 Å². The van der Waals surface area contributed by atoms with Gasteiger partial charge in [0.1, 0.15) is 0 Å². The number of carbonyl (C=O) groups excluding carboxylic acids is 2. The summed E-state index contributed by atoms with van der Waals surface area (Å²) in [7, 11) is 1.13. The van der Waals surface area contributed by atoms with Crippen LogP contribution >= 0.6 is 11.6 Å². The number of halogens is 1. The Balaban J connectivity index is 3.00. The van der Waals surface area contributed by atoms with Crippen LogP contribution in [0, 0.1) is 11.3 Å². The molecule has 0 fully saturated rings. The molecule has 0 unspecified atom stereocenters. The Kier molecular flexibility index (Phi) is 4.31. The second kappa shape index (κ2) is 5.72. The SMILES string of the molecule is COC(=O)N(OC(=O)Cl)c1ccc(C#N)cc1. The number of hydrogen-bond donors (Lipinski definition) is 0. The minimum absolute atomic E-state index is 0.213. The van der Waals surface area contributed by atoms with Gasteiger partial charge in [-0.05, 0) is 24.3 Å². The molecule has 0 aliphatic heterocycles. The van der Waals surface area contributed by atoms with Crippen molar-refractivity contribution in [2.75, 3.05) is 12.2 Å². The maximum Gasteiger partial charge on any atom is 0.448 e. The molecule has 0 N–H and O–H groups in total. The van der Waals surface area contributed by atoms with Gasteiger partial charge in [-0.1, -0.05) is 0 Å². The van der Waals surface area contributed by atoms with Crippen molar-refractivity contribution < 1.29 is 19.2 Å². The average molecular weight is 255 g/mol. The molecule has 1 rings (SSSR count). The standard InChI is InChI=1S/C10H7ClN2O4/c1-16-10(15)13(17-9(11)14)8-4-2-7(6-12)3-5-8/h2-5H,1H3. The summed E-state index contributed by atoms with van der Waals surface area (Å²) in [5.74, 6) is 0. The zero-order valence-corrected chi connectivity index (χ0v) is 9.47. The van der Waals surface area contributed by atoms with Gasteiger partial charge in [0.15, 0.2) is 0 Å². The molecule has 1 amide bonds. The monoisotopic (exact) mass is 254 g/mol. The van der Waals surface area contributed by atoms with Crippen molar-refractivity contribution in [3.63, 3.8) is 0 Å². The molecule has 0 saturated heterocycles. The highest BCUT2D eigenvalue weighted by Crippen LogP contribution is 2.17. The first-order valence-corrected chi connectivity index (χ1v) is 4.72. The molecule has 0 aromatic heterocycles. The van der Waals surface area contributed by atoms with Crippen LogP contribution < -0.4 is 5.06 Å². The summed E-state index contributed by atoms with van der Waals surface area (Å²) in [5, 5.41) is 9.19. The van der Waals surface area contributed by atoms with E-state index in [1.54, 1.807) is 0 Å². The van der Waals surface area contributed by atoms with E-state index in [1.807, 2.05) is 6.07 Å². The Morgan fingerprint density at radius 1 is 1.35 bits per heavy atom. The summed E-state index contributed by atoms with van der Waals surface area (Å²) in [5.41, 5.74) is -0.569. The maximum absolute atomic E-state index is 11.3. The third kappa shape index (κ3) is 3.36. The molecule has 0 saturated carbocycles. The van der Waals surface area contributed by atoms with Crippen LogP contribution in [-0.4, -0.2) is 18.6 Å². The number of ether oxygens (including phenoxy) is 1. The molecule has 88 valence electrons. The van der Waals surface area contributed by atoms with Gasteiger partial charge in [0.05, 0.1) is 24.4 Å². The third-order valence-corrected chi connectivity index (χ3v) is 1.80. The number of amides is 1. The van der Waals surface area contributed by atoms with Crippen LogP contribution in [0.15, 0.2) is 24.3 Å². The van der Waals surface area contributed by atoms with Gasteiger partial charge in [0, 0.05) is 11.6 Å². The Morgan fingerprint density at radius 3 is 2.35 bits per heavy atom.